The molecule has 8 nitrogen and oxygen atoms in total. The van der Waals surface area contributed by atoms with Crippen LogP contribution in [0.4, 0.5) is 10.1 Å². The van der Waals surface area contributed by atoms with E-state index in [9.17, 15) is 22.4 Å². The molecule has 0 radical (unpaired) electrons. The number of hydrogen-bond acceptors (Lipinski definition) is 5. The molecule has 36 heavy (non-hydrogen) atoms. The van der Waals surface area contributed by atoms with Gasteiger partial charge in [-0.3, -0.25) is 13.9 Å². The Morgan fingerprint density at radius 3 is 2.14 bits per heavy atom. The molecule has 0 aliphatic carbocycles. The molecule has 2 amide bonds. The van der Waals surface area contributed by atoms with Gasteiger partial charge in [-0.25, -0.2) is 12.8 Å². The average molecular weight is 514 g/mol. The lowest BCUT2D eigenvalue weighted by molar-refractivity contribution is -0.139. The minimum atomic E-state index is -4.18. The third kappa shape index (κ3) is 6.19. The van der Waals surface area contributed by atoms with Gasteiger partial charge < -0.3 is 15.0 Å². The molecule has 190 valence electrons. The van der Waals surface area contributed by atoms with E-state index in [4.69, 9.17) is 4.74 Å². The zero-order chi connectivity index (χ0) is 26.3. The first kappa shape index (κ1) is 26.7. The maximum Gasteiger partial charge on any atom is 0.264 e. The minimum absolute atomic E-state index is 0.0248. The number of halogens is 1. The van der Waals surface area contributed by atoms with Crippen LogP contribution in [0.15, 0.2) is 83.8 Å². The van der Waals surface area contributed by atoms with Crippen molar-refractivity contribution in [1.82, 2.24) is 10.2 Å². The first-order valence-electron chi connectivity index (χ1n) is 11.1. The molecule has 0 unspecified atom stereocenters. The van der Waals surface area contributed by atoms with Crippen LogP contribution in [0, 0.1) is 5.82 Å². The van der Waals surface area contributed by atoms with Crippen LogP contribution >= 0.6 is 0 Å². The largest absolute Gasteiger partial charge is 0.497 e. The molecule has 0 saturated carbocycles. The Balaban J connectivity index is 1.99. The van der Waals surface area contributed by atoms with Crippen molar-refractivity contribution in [3.63, 3.8) is 0 Å². The van der Waals surface area contributed by atoms with Gasteiger partial charge in [-0.1, -0.05) is 30.3 Å². The van der Waals surface area contributed by atoms with Crippen LogP contribution in [0.1, 0.15) is 12.5 Å². The summed E-state index contributed by atoms with van der Waals surface area (Å²) in [6, 6.07) is 18.6. The molecule has 0 bridgehead atoms. The van der Waals surface area contributed by atoms with Crippen molar-refractivity contribution in [1.29, 1.82) is 0 Å². The Morgan fingerprint density at radius 2 is 1.58 bits per heavy atom. The van der Waals surface area contributed by atoms with Crippen LogP contribution in [-0.4, -0.2) is 51.9 Å². The zero-order valence-corrected chi connectivity index (χ0v) is 21.0. The molecule has 1 atom stereocenters. The topological polar surface area (TPSA) is 96.0 Å². The van der Waals surface area contributed by atoms with Gasteiger partial charge in [0.2, 0.25) is 11.8 Å². The molecule has 10 heteroatoms. The Morgan fingerprint density at radius 1 is 0.972 bits per heavy atom. The number of rotatable bonds is 10. The molecule has 0 fully saturated rings. The number of carbonyl (C=O) groups is 2. The summed E-state index contributed by atoms with van der Waals surface area (Å²) in [5.41, 5.74) is 0.838. The second-order valence-electron chi connectivity index (χ2n) is 7.96. The molecule has 3 aromatic carbocycles. The Labute approximate surface area is 210 Å². The lowest BCUT2D eigenvalue weighted by Gasteiger charge is -2.31. The van der Waals surface area contributed by atoms with E-state index >= 15 is 0 Å². The zero-order valence-electron chi connectivity index (χ0n) is 20.2. The van der Waals surface area contributed by atoms with Crippen LogP contribution < -0.4 is 14.4 Å². The third-order valence-electron chi connectivity index (χ3n) is 5.65. The SMILES string of the molecule is CNC(=O)[C@H](C)N(Cc1ccc(OC)cc1)C(=O)CN(c1ccc(F)cc1)S(=O)(=O)c1ccccc1. The fourth-order valence-electron chi connectivity index (χ4n) is 3.57. The van der Waals surface area contributed by atoms with Gasteiger partial charge in [0, 0.05) is 13.6 Å². The van der Waals surface area contributed by atoms with E-state index in [-0.39, 0.29) is 17.1 Å². The van der Waals surface area contributed by atoms with Crippen LogP contribution in [0.2, 0.25) is 0 Å². The van der Waals surface area contributed by atoms with Crippen molar-refractivity contribution in [2.24, 2.45) is 0 Å². The van der Waals surface area contributed by atoms with Crippen molar-refractivity contribution in [3.05, 3.63) is 90.2 Å². The molecule has 1 N–H and O–H groups in total. The van der Waals surface area contributed by atoms with Crippen LogP contribution in [0.5, 0.6) is 5.75 Å². The number of nitrogens with zero attached hydrogens (tertiary/aromatic N) is 2. The van der Waals surface area contributed by atoms with Gasteiger partial charge >= 0.3 is 0 Å². The highest BCUT2D eigenvalue weighted by Crippen LogP contribution is 2.25. The minimum Gasteiger partial charge on any atom is -0.497 e. The normalized spacial score (nSPS) is 11.9. The van der Waals surface area contributed by atoms with E-state index in [1.807, 2.05) is 0 Å². The predicted molar refractivity (Wildman–Crippen MR) is 134 cm³/mol. The van der Waals surface area contributed by atoms with E-state index in [2.05, 4.69) is 5.32 Å². The summed E-state index contributed by atoms with van der Waals surface area (Å²) < 4.78 is 46.7. The number of likely N-dealkylation sites (N-methyl/N-ethyl adjacent to an activating group) is 1. The van der Waals surface area contributed by atoms with Gasteiger partial charge in [0.1, 0.15) is 24.2 Å². The number of nitrogens with one attached hydrogen (secondary N) is 1. The highest BCUT2D eigenvalue weighted by atomic mass is 32.2. The average Bonchev–Trinajstić information content (AvgIpc) is 2.90. The van der Waals surface area contributed by atoms with Gasteiger partial charge in [-0.15, -0.1) is 0 Å². The molecular formula is C26H28FN3O5S. The molecule has 3 aromatic rings. The van der Waals surface area contributed by atoms with Crippen molar-refractivity contribution < 1.29 is 27.1 Å². The summed E-state index contributed by atoms with van der Waals surface area (Å²) in [7, 11) is -1.19. The predicted octanol–water partition coefficient (Wildman–Crippen LogP) is 3.19. The summed E-state index contributed by atoms with van der Waals surface area (Å²) in [6.45, 7) is 1.02. The van der Waals surface area contributed by atoms with Gasteiger partial charge in [0.25, 0.3) is 10.0 Å². The van der Waals surface area contributed by atoms with Gasteiger partial charge in [-0.05, 0) is 61.0 Å². The van der Waals surface area contributed by atoms with Gasteiger partial charge in [-0.2, -0.15) is 0 Å². The summed E-state index contributed by atoms with van der Waals surface area (Å²) in [4.78, 5) is 27.3. The maximum absolute atomic E-state index is 13.6. The number of sulfonamides is 1. The molecule has 0 saturated heterocycles. The van der Waals surface area contributed by atoms with Gasteiger partial charge in [0.05, 0.1) is 17.7 Å². The second-order valence-corrected chi connectivity index (χ2v) is 9.82. The number of methoxy groups -OCH3 is 1. The molecule has 0 spiro atoms. The Hall–Kier alpha value is -3.92. The summed E-state index contributed by atoms with van der Waals surface area (Å²) in [5, 5.41) is 2.53. The number of hydrogen-bond donors (Lipinski definition) is 1. The fourth-order valence-corrected chi connectivity index (χ4v) is 5.01. The molecule has 0 aliphatic heterocycles. The maximum atomic E-state index is 13.6. The number of amides is 2. The van der Waals surface area contributed by atoms with Crippen molar-refractivity contribution in [3.8, 4) is 5.75 Å². The first-order chi connectivity index (χ1) is 17.2. The van der Waals surface area contributed by atoms with Crippen LogP contribution in [-0.2, 0) is 26.2 Å². The second kappa shape index (κ2) is 11.7. The van der Waals surface area contributed by atoms with Crippen molar-refractivity contribution in [2.75, 3.05) is 25.0 Å². The number of benzene rings is 3. The molecule has 0 aliphatic rings. The summed E-state index contributed by atoms with van der Waals surface area (Å²) in [6.07, 6.45) is 0. The highest BCUT2D eigenvalue weighted by Gasteiger charge is 2.32. The van der Waals surface area contributed by atoms with Gasteiger partial charge in [0.15, 0.2) is 0 Å². The van der Waals surface area contributed by atoms with E-state index in [1.54, 1.807) is 49.4 Å². The monoisotopic (exact) mass is 513 g/mol. The quantitative estimate of drug-likeness (QED) is 0.449. The first-order valence-corrected chi connectivity index (χ1v) is 12.6. The van der Waals surface area contributed by atoms with E-state index in [1.165, 1.54) is 43.3 Å². The molecule has 3 rings (SSSR count). The fraction of sp³-hybridized carbons (Fsp3) is 0.231. The standard InChI is InChI=1S/C26H28FN3O5S/c1-19(26(32)28-2)29(17-20-9-15-23(35-3)16-10-20)25(31)18-30(22-13-11-21(27)12-14-22)36(33,34)24-7-5-4-6-8-24/h4-16,19H,17-18H2,1-3H3,(H,28,32)/t19-/m0/s1. The Kier molecular flexibility index (Phi) is 8.65. The number of ether oxygens (including phenoxy) is 1. The highest BCUT2D eigenvalue weighted by molar-refractivity contribution is 7.92. The van der Waals surface area contributed by atoms with Crippen molar-refractivity contribution >= 4 is 27.5 Å². The van der Waals surface area contributed by atoms with Crippen LogP contribution in [0.3, 0.4) is 0 Å². The number of anilines is 1. The summed E-state index contributed by atoms with van der Waals surface area (Å²) >= 11 is 0. The third-order valence-corrected chi connectivity index (χ3v) is 7.44. The van der Waals surface area contributed by atoms with E-state index in [0.717, 1.165) is 22.0 Å². The number of carbonyl (C=O) groups excluding carboxylic acids is 2. The lowest BCUT2D eigenvalue weighted by atomic mass is 10.1. The van der Waals surface area contributed by atoms with Crippen LogP contribution in [0.25, 0.3) is 0 Å². The summed E-state index contributed by atoms with van der Waals surface area (Å²) in [5.74, 6) is -0.925. The van der Waals surface area contributed by atoms with E-state index in [0.29, 0.717) is 5.75 Å². The Bertz CT molecular complexity index is 1280. The smallest absolute Gasteiger partial charge is 0.264 e. The van der Waals surface area contributed by atoms with E-state index < -0.39 is 40.2 Å². The van der Waals surface area contributed by atoms with Crippen molar-refractivity contribution in [2.45, 2.75) is 24.4 Å². The molecule has 0 aromatic heterocycles. The molecule has 0 heterocycles. The lowest BCUT2D eigenvalue weighted by Crippen LogP contribution is -2.50. The molecular weight excluding hydrogens is 485 g/mol.